The molecule has 3 fully saturated rings. The third-order valence-electron chi connectivity index (χ3n) is 6.63. The minimum atomic E-state index is 0.0785. The summed E-state index contributed by atoms with van der Waals surface area (Å²) >= 11 is 0. The van der Waals surface area contributed by atoms with Gasteiger partial charge in [-0.2, -0.15) is 0 Å². The van der Waals surface area contributed by atoms with Gasteiger partial charge >= 0.3 is 0 Å². The molecule has 0 radical (unpaired) electrons. The number of piperidine rings is 1. The average molecular weight is 386 g/mol. The number of likely N-dealkylation sites (tertiary alicyclic amines) is 1. The van der Waals surface area contributed by atoms with Crippen LogP contribution >= 0.6 is 0 Å². The molecule has 3 aliphatic rings. The maximum absolute atomic E-state index is 13.1. The Morgan fingerprint density at radius 2 is 1.68 bits per heavy atom. The Hall–Kier alpha value is -1.59. The molecule has 1 unspecified atom stereocenters. The lowest BCUT2D eigenvalue weighted by Gasteiger charge is -2.38. The van der Waals surface area contributed by atoms with Crippen LogP contribution in [-0.2, 0) is 4.74 Å². The third kappa shape index (κ3) is 4.87. The van der Waals surface area contributed by atoms with E-state index in [1.165, 1.54) is 51.5 Å². The molecule has 2 heterocycles. The first-order valence-electron chi connectivity index (χ1n) is 11.3. The molecule has 1 atom stereocenters. The van der Waals surface area contributed by atoms with Gasteiger partial charge in [-0.15, -0.1) is 0 Å². The molecule has 4 rings (SSSR count). The first kappa shape index (κ1) is 19.7. The second kappa shape index (κ2) is 9.75. The number of rotatable bonds is 4. The molecule has 1 N–H and O–H groups in total. The molecular weight excluding hydrogens is 350 g/mol. The molecule has 2 saturated heterocycles. The molecular formula is C23H35N3O2. The maximum Gasteiger partial charge on any atom is 0.253 e. The molecule has 0 aromatic heterocycles. The maximum atomic E-state index is 13.1. The summed E-state index contributed by atoms with van der Waals surface area (Å²) in [6, 6.07) is 9.02. The van der Waals surface area contributed by atoms with Gasteiger partial charge in [-0.05, 0) is 44.4 Å². The van der Waals surface area contributed by atoms with E-state index in [1.54, 1.807) is 0 Å². The van der Waals surface area contributed by atoms with Crippen molar-refractivity contribution in [3.63, 3.8) is 0 Å². The number of para-hydroxylation sites is 1. The molecule has 1 aromatic carbocycles. The zero-order valence-corrected chi connectivity index (χ0v) is 17.1. The van der Waals surface area contributed by atoms with Gasteiger partial charge in [0.2, 0.25) is 0 Å². The molecule has 5 nitrogen and oxygen atoms in total. The summed E-state index contributed by atoms with van der Waals surface area (Å²) < 4.78 is 5.47. The van der Waals surface area contributed by atoms with E-state index in [0.29, 0.717) is 0 Å². The molecule has 28 heavy (non-hydrogen) atoms. The van der Waals surface area contributed by atoms with Crippen LogP contribution in [0.15, 0.2) is 24.3 Å². The second-order valence-electron chi connectivity index (χ2n) is 8.57. The number of anilines is 1. The van der Waals surface area contributed by atoms with Gasteiger partial charge in [0.25, 0.3) is 5.91 Å². The van der Waals surface area contributed by atoms with E-state index >= 15 is 0 Å². The Morgan fingerprint density at radius 1 is 0.929 bits per heavy atom. The van der Waals surface area contributed by atoms with Crippen molar-refractivity contribution in [2.24, 2.45) is 0 Å². The van der Waals surface area contributed by atoms with Crippen LogP contribution in [-0.4, -0.2) is 62.3 Å². The van der Waals surface area contributed by atoms with Gasteiger partial charge in [0.05, 0.1) is 18.8 Å². The number of hydrogen-bond acceptors (Lipinski definition) is 4. The van der Waals surface area contributed by atoms with E-state index in [0.717, 1.165) is 56.6 Å². The van der Waals surface area contributed by atoms with Gasteiger partial charge in [0.1, 0.15) is 0 Å². The SMILES string of the molecule is O=C(NC1CCCN(C2CCCCCC2)C1)c1ccccc1N1CCOCC1. The zero-order chi connectivity index (χ0) is 19.2. The summed E-state index contributed by atoms with van der Waals surface area (Å²) in [5.74, 6) is 0.0785. The number of ether oxygens (including phenoxy) is 1. The van der Waals surface area contributed by atoms with Crippen LogP contribution in [0.1, 0.15) is 61.7 Å². The summed E-state index contributed by atoms with van der Waals surface area (Å²) in [6.07, 6.45) is 10.5. The van der Waals surface area contributed by atoms with E-state index < -0.39 is 0 Å². The van der Waals surface area contributed by atoms with Gasteiger partial charge in [0, 0.05) is 37.4 Å². The quantitative estimate of drug-likeness (QED) is 0.807. The number of nitrogens with one attached hydrogen (secondary N) is 1. The molecule has 1 aromatic rings. The van der Waals surface area contributed by atoms with E-state index in [9.17, 15) is 4.79 Å². The van der Waals surface area contributed by atoms with Crippen molar-refractivity contribution >= 4 is 11.6 Å². The number of hydrogen-bond donors (Lipinski definition) is 1. The predicted molar refractivity (Wildman–Crippen MR) is 113 cm³/mol. The Bertz CT molecular complexity index is 636. The minimum Gasteiger partial charge on any atom is -0.378 e. The largest absolute Gasteiger partial charge is 0.378 e. The lowest BCUT2D eigenvalue weighted by molar-refractivity contribution is 0.0859. The van der Waals surface area contributed by atoms with Crippen LogP contribution in [0.5, 0.6) is 0 Å². The highest BCUT2D eigenvalue weighted by atomic mass is 16.5. The van der Waals surface area contributed by atoms with E-state index in [4.69, 9.17) is 4.74 Å². The number of nitrogens with zero attached hydrogens (tertiary/aromatic N) is 2. The highest BCUT2D eigenvalue weighted by Crippen LogP contribution is 2.26. The highest BCUT2D eigenvalue weighted by Gasteiger charge is 2.28. The first-order valence-corrected chi connectivity index (χ1v) is 11.3. The van der Waals surface area contributed by atoms with Gasteiger partial charge < -0.3 is 15.0 Å². The number of morpholine rings is 1. The summed E-state index contributed by atoms with van der Waals surface area (Å²) in [7, 11) is 0. The monoisotopic (exact) mass is 385 g/mol. The summed E-state index contributed by atoms with van der Waals surface area (Å²) in [6.45, 7) is 5.37. The standard InChI is InChI=1S/C23H35N3O2/c27-23(21-11-5-6-12-22(21)25-14-16-28-17-15-25)24-19-8-7-13-26(18-19)20-9-3-1-2-4-10-20/h5-6,11-12,19-20H,1-4,7-10,13-18H2,(H,24,27). The summed E-state index contributed by atoms with van der Waals surface area (Å²) in [5.41, 5.74) is 1.84. The van der Waals surface area contributed by atoms with Crippen LogP contribution in [0.3, 0.4) is 0 Å². The topological polar surface area (TPSA) is 44.8 Å². The summed E-state index contributed by atoms with van der Waals surface area (Å²) in [5, 5.41) is 3.36. The van der Waals surface area contributed by atoms with Crippen LogP contribution in [0, 0.1) is 0 Å². The van der Waals surface area contributed by atoms with Gasteiger partial charge in [0.15, 0.2) is 0 Å². The molecule has 1 saturated carbocycles. The molecule has 1 aliphatic carbocycles. The Kier molecular flexibility index (Phi) is 6.86. The molecule has 2 aliphatic heterocycles. The smallest absolute Gasteiger partial charge is 0.253 e. The van der Waals surface area contributed by atoms with Crippen LogP contribution < -0.4 is 10.2 Å². The Balaban J connectivity index is 1.39. The molecule has 0 spiro atoms. The van der Waals surface area contributed by atoms with Crippen molar-refractivity contribution in [1.82, 2.24) is 10.2 Å². The Labute approximate surface area is 169 Å². The number of carbonyl (C=O) groups is 1. The normalized spacial score (nSPS) is 25.3. The van der Waals surface area contributed by atoms with Crippen molar-refractivity contribution in [1.29, 1.82) is 0 Å². The zero-order valence-electron chi connectivity index (χ0n) is 17.1. The molecule has 154 valence electrons. The Morgan fingerprint density at radius 3 is 2.46 bits per heavy atom. The highest BCUT2D eigenvalue weighted by molar-refractivity contribution is 6.00. The van der Waals surface area contributed by atoms with E-state index in [2.05, 4.69) is 21.2 Å². The van der Waals surface area contributed by atoms with Gasteiger partial charge in [-0.3, -0.25) is 9.69 Å². The van der Waals surface area contributed by atoms with E-state index in [1.807, 2.05) is 18.2 Å². The number of benzene rings is 1. The van der Waals surface area contributed by atoms with Crippen LogP contribution in [0.4, 0.5) is 5.69 Å². The van der Waals surface area contributed by atoms with Crippen molar-refractivity contribution in [2.75, 3.05) is 44.3 Å². The lowest BCUT2D eigenvalue weighted by atomic mass is 9.99. The van der Waals surface area contributed by atoms with Gasteiger partial charge in [-0.25, -0.2) is 0 Å². The molecule has 1 amide bonds. The summed E-state index contributed by atoms with van der Waals surface area (Å²) in [4.78, 5) is 18.1. The fraction of sp³-hybridized carbons (Fsp3) is 0.696. The number of carbonyl (C=O) groups excluding carboxylic acids is 1. The lowest BCUT2D eigenvalue weighted by Crippen LogP contribution is -2.51. The average Bonchev–Trinajstić information content (AvgIpc) is 3.04. The predicted octanol–water partition coefficient (Wildman–Crippen LogP) is 3.44. The molecule has 5 heteroatoms. The first-order chi connectivity index (χ1) is 13.8. The molecule has 0 bridgehead atoms. The second-order valence-corrected chi connectivity index (χ2v) is 8.57. The van der Waals surface area contributed by atoms with Crippen molar-refractivity contribution in [3.05, 3.63) is 29.8 Å². The van der Waals surface area contributed by atoms with Crippen LogP contribution in [0.25, 0.3) is 0 Å². The van der Waals surface area contributed by atoms with Crippen molar-refractivity contribution in [2.45, 2.75) is 63.5 Å². The van der Waals surface area contributed by atoms with Crippen molar-refractivity contribution < 1.29 is 9.53 Å². The van der Waals surface area contributed by atoms with Gasteiger partial charge in [-0.1, -0.05) is 37.8 Å². The van der Waals surface area contributed by atoms with E-state index in [-0.39, 0.29) is 11.9 Å². The third-order valence-corrected chi connectivity index (χ3v) is 6.63. The minimum absolute atomic E-state index is 0.0785. The number of amides is 1. The fourth-order valence-corrected chi connectivity index (χ4v) is 5.09. The van der Waals surface area contributed by atoms with Crippen LogP contribution in [0.2, 0.25) is 0 Å². The fourth-order valence-electron chi connectivity index (χ4n) is 5.09. The van der Waals surface area contributed by atoms with Crippen molar-refractivity contribution in [3.8, 4) is 0 Å².